The van der Waals surface area contributed by atoms with E-state index in [1.807, 2.05) is 24.3 Å². The van der Waals surface area contributed by atoms with E-state index in [0.29, 0.717) is 22.8 Å². The largest absolute Gasteiger partial charge is 0.348 e. The highest BCUT2D eigenvalue weighted by Crippen LogP contribution is 2.23. The number of aromatic nitrogens is 3. The molecule has 0 aliphatic rings. The van der Waals surface area contributed by atoms with Gasteiger partial charge in [0.25, 0.3) is 5.91 Å². The lowest BCUT2D eigenvalue weighted by Crippen LogP contribution is -2.22. The van der Waals surface area contributed by atoms with Gasteiger partial charge in [0.2, 0.25) is 0 Å². The van der Waals surface area contributed by atoms with Crippen molar-refractivity contribution < 1.29 is 4.79 Å². The van der Waals surface area contributed by atoms with Crippen LogP contribution >= 0.6 is 11.6 Å². The van der Waals surface area contributed by atoms with Crippen LogP contribution < -0.4 is 5.32 Å². The highest BCUT2D eigenvalue weighted by Gasteiger charge is 2.15. The van der Waals surface area contributed by atoms with Gasteiger partial charge in [0.15, 0.2) is 0 Å². The van der Waals surface area contributed by atoms with Gasteiger partial charge < -0.3 is 5.32 Å². The summed E-state index contributed by atoms with van der Waals surface area (Å²) < 4.78 is 0. The van der Waals surface area contributed by atoms with E-state index in [2.05, 4.69) is 20.5 Å². The van der Waals surface area contributed by atoms with Crippen molar-refractivity contribution in [2.24, 2.45) is 0 Å². The van der Waals surface area contributed by atoms with Crippen molar-refractivity contribution in [2.45, 2.75) is 6.54 Å². The van der Waals surface area contributed by atoms with Crippen LogP contribution in [0.2, 0.25) is 5.02 Å². The van der Waals surface area contributed by atoms with Gasteiger partial charge in [-0.1, -0.05) is 23.7 Å². The summed E-state index contributed by atoms with van der Waals surface area (Å²) in [6.07, 6.45) is 4.89. The lowest BCUT2D eigenvalue weighted by molar-refractivity contribution is 0.0951. The summed E-state index contributed by atoms with van der Waals surface area (Å²) >= 11 is 5.99. The first kappa shape index (κ1) is 14.3. The van der Waals surface area contributed by atoms with Crippen molar-refractivity contribution in [3.63, 3.8) is 0 Å². The van der Waals surface area contributed by atoms with E-state index in [1.165, 1.54) is 6.20 Å². The van der Waals surface area contributed by atoms with Crippen molar-refractivity contribution in [2.75, 3.05) is 0 Å². The van der Waals surface area contributed by atoms with Crippen LogP contribution in [-0.2, 0) is 6.54 Å². The maximum atomic E-state index is 12.3. The molecule has 2 aromatic heterocycles. The smallest absolute Gasteiger partial charge is 0.255 e. The number of aromatic amines is 1. The summed E-state index contributed by atoms with van der Waals surface area (Å²) in [5.74, 6) is -0.194. The van der Waals surface area contributed by atoms with Crippen LogP contribution in [0, 0.1) is 0 Å². The number of nitrogens with zero attached hydrogens (tertiary/aromatic N) is 2. The molecule has 110 valence electrons. The molecule has 0 radical (unpaired) electrons. The van der Waals surface area contributed by atoms with Gasteiger partial charge in [-0.3, -0.25) is 14.9 Å². The number of benzene rings is 1. The van der Waals surface area contributed by atoms with Gasteiger partial charge in [0.1, 0.15) is 0 Å². The number of nitrogens with one attached hydrogen (secondary N) is 2. The van der Waals surface area contributed by atoms with Crippen molar-refractivity contribution in [3.05, 3.63) is 71.1 Å². The first-order chi connectivity index (χ1) is 10.7. The fraction of sp³-hybridized carbons (Fsp3) is 0.0625. The number of hydrogen-bond donors (Lipinski definition) is 2. The average Bonchev–Trinajstić information content (AvgIpc) is 3.03. The van der Waals surface area contributed by atoms with Gasteiger partial charge in [0, 0.05) is 29.5 Å². The molecule has 1 aromatic carbocycles. The number of carbonyl (C=O) groups is 1. The summed E-state index contributed by atoms with van der Waals surface area (Å²) in [4.78, 5) is 16.3. The molecule has 1 amide bonds. The zero-order valence-corrected chi connectivity index (χ0v) is 12.3. The molecule has 3 rings (SSSR count). The molecule has 0 bridgehead atoms. The first-order valence-electron chi connectivity index (χ1n) is 6.70. The van der Waals surface area contributed by atoms with E-state index in [0.717, 1.165) is 11.1 Å². The van der Waals surface area contributed by atoms with E-state index in [9.17, 15) is 4.79 Å². The van der Waals surface area contributed by atoms with Crippen LogP contribution in [0.25, 0.3) is 11.3 Å². The summed E-state index contributed by atoms with van der Waals surface area (Å²) in [5, 5.41) is 10.3. The molecular formula is C16H13ClN4O. The van der Waals surface area contributed by atoms with Gasteiger partial charge in [0.05, 0.1) is 17.5 Å². The Morgan fingerprint density at radius 1 is 1.23 bits per heavy atom. The van der Waals surface area contributed by atoms with E-state index < -0.39 is 0 Å². The minimum atomic E-state index is -0.194. The fourth-order valence-electron chi connectivity index (χ4n) is 2.10. The minimum absolute atomic E-state index is 0.194. The lowest BCUT2D eigenvalue weighted by atomic mass is 10.1. The highest BCUT2D eigenvalue weighted by atomic mass is 35.5. The van der Waals surface area contributed by atoms with Crippen LogP contribution in [-0.4, -0.2) is 21.1 Å². The molecule has 22 heavy (non-hydrogen) atoms. The standard InChI is InChI=1S/C16H13ClN4O/c17-13-3-1-2-12(8-13)15-14(10-20-21-15)16(22)19-9-11-4-6-18-7-5-11/h1-8,10H,9H2,(H,19,22)(H,20,21). The van der Waals surface area contributed by atoms with Gasteiger partial charge in [-0.15, -0.1) is 0 Å². The normalized spacial score (nSPS) is 10.4. The number of amides is 1. The van der Waals surface area contributed by atoms with Crippen molar-refractivity contribution in [1.29, 1.82) is 0 Å². The minimum Gasteiger partial charge on any atom is -0.348 e. The maximum absolute atomic E-state index is 12.3. The Morgan fingerprint density at radius 2 is 2.05 bits per heavy atom. The Balaban J connectivity index is 1.78. The predicted octanol–water partition coefficient (Wildman–Crippen LogP) is 3.06. The van der Waals surface area contributed by atoms with E-state index >= 15 is 0 Å². The topological polar surface area (TPSA) is 70.7 Å². The number of H-pyrrole nitrogens is 1. The average molecular weight is 313 g/mol. The molecule has 2 N–H and O–H groups in total. The molecule has 0 aliphatic carbocycles. The molecule has 6 heteroatoms. The van der Waals surface area contributed by atoms with Crippen molar-refractivity contribution in [1.82, 2.24) is 20.5 Å². The SMILES string of the molecule is O=C(NCc1ccncc1)c1cn[nH]c1-c1cccc(Cl)c1. The van der Waals surface area contributed by atoms with E-state index in [-0.39, 0.29) is 5.91 Å². The molecule has 0 saturated carbocycles. The monoisotopic (exact) mass is 312 g/mol. The Labute approximate surface area is 132 Å². The molecule has 0 saturated heterocycles. The van der Waals surface area contributed by atoms with Crippen LogP contribution in [0.5, 0.6) is 0 Å². The number of hydrogen-bond acceptors (Lipinski definition) is 3. The molecule has 0 aliphatic heterocycles. The number of pyridine rings is 1. The number of rotatable bonds is 4. The summed E-state index contributed by atoms with van der Waals surface area (Å²) in [7, 11) is 0. The molecule has 5 nitrogen and oxygen atoms in total. The Hall–Kier alpha value is -2.66. The van der Waals surface area contributed by atoms with Crippen LogP contribution in [0.3, 0.4) is 0 Å². The summed E-state index contributed by atoms with van der Waals surface area (Å²) in [6, 6.07) is 11.0. The Bertz CT molecular complexity index is 786. The lowest BCUT2D eigenvalue weighted by Gasteiger charge is -2.06. The van der Waals surface area contributed by atoms with Crippen LogP contribution in [0.1, 0.15) is 15.9 Å². The zero-order valence-electron chi connectivity index (χ0n) is 11.6. The second-order valence-corrected chi connectivity index (χ2v) is 5.14. The molecule has 0 atom stereocenters. The molecule has 0 fully saturated rings. The van der Waals surface area contributed by atoms with Gasteiger partial charge >= 0.3 is 0 Å². The fourth-order valence-corrected chi connectivity index (χ4v) is 2.29. The molecule has 0 spiro atoms. The molecular weight excluding hydrogens is 300 g/mol. The summed E-state index contributed by atoms with van der Waals surface area (Å²) in [5.41, 5.74) is 2.93. The highest BCUT2D eigenvalue weighted by molar-refractivity contribution is 6.30. The quantitative estimate of drug-likeness (QED) is 0.778. The van der Waals surface area contributed by atoms with Crippen LogP contribution in [0.4, 0.5) is 0 Å². The second-order valence-electron chi connectivity index (χ2n) is 4.71. The van der Waals surface area contributed by atoms with E-state index in [1.54, 1.807) is 24.5 Å². The maximum Gasteiger partial charge on any atom is 0.255 e. The Morgan fingerprint density at radius 3 is 2.82 bits per heavy atom. The predicted molar refractivity (Wildman–Crippen MR) is 84.4 cm³/mol. The van der Waals surface area contributed by atoms with Gasteiger partial charge in [-0.25, -0.2) is 0 Å². The van der Waals surface area contributed by atoms with Gasteiger partial charge in [-0.2, -0.15) is 5.10 Å². The molecule has 0 unspecified atom stereocenters. The number of halogens is 1. The third kappa shape index (κ3) is 3.15. The van der Waals surface area contributed by atoms with Crippen molar-refractivity contribution in [3.8, 4) is 11.3 Å². The van der Waals surface area contributed by atoms with Crippen molar-refractivity contribution >= 4 is 17.5 Å². The molecule has 2 heterocycles. The zero-order chi connectivity index (χ0) is 15.4. The van der Waals surface area contributed by atoms with Gasteiger partial charge in [-0.05, 0) is 29.8 Å². The third-order valence-electron chi connectivity index (χ3n) is 3.20. The summed E-state index contributed by atoms with van der Waals surface area (Å²) in [6.45, 7) is 0.432. The number of carbonyl (C=O) groups excluding carboxylic acids is 1. The second kappa shape index (κ2) is 6.41. The third-order valence-corrected chi connectivity index (χ3v) is 3.43. The van der Waals surface area contributed by atoms with Crippen LogP contribution in [0.15, 0.2) is 55.0 Å². The first-order valence-corrected chi connectivity index (χ1v) is 7.08. The Kier molecular flexibility index (Phi) is 4.16. The van der Waals surface area contributed by atoms with E-state index in [4.69, 9.17) is 11.6 Å². The molecule has 3 aromatic rings.